The summed E-state index contributed by atoms with van der Waals surface area (Å²) in [5.74, 6) is 1.88. The molecule has 214 valence electrons. The van der Waals surface area contributed by atoms with Crippen LogP contribution in [-0.4, -0.2) is 43.0 Å². The summed E-state index contributed by atoms with van der Waals surface area (Å²) in [4.78, 5) is 25.6. The number of rotatable bonds is 14. The van der Waals surface area contributed by atoms with E-state index in [1.807, 2.05) is 70.2 Å². The van der Waals surface area contributed by atoms with Gasteiger partial charge in [-0.15, -0.1) is 0 Å². The lowest BCUT2D eigenvalue weighted by Crippen LogP contribution is -2.45. The first-order chi connectivity index (χ1) is 18.7. The average Bonchev–Trinajstić information content (AvgIpc) is 2.92. The van der Waals surface area contributed by atoms with Crippen molar-refractivity contribution in [2.45, 2.75) is 77.8 Å². The van der Waals surface area contributed by atoms with Gasteiger partial charge in [-0.1, -0.05) is 55.5 Å². The lowest BCUT2D eigenvalue weighted by atomic mass is 9.75. The highest BCUT2D eigenvalue weighted by atomic mass is 32.2. The van der Waals surface area contributed by atoms with E-state index in [0.29, 0.717) is 12.4 Å². The summed E-state index contributed by atoms with van der Waals surface area (Å²) >= 11 is 1.74. The first kappa shape index (κ1) is 31.0. The molecule has 39 heavy (non-hydrogen) atoms. The molecule has 1 atom stereocenters. The van der Waals surface area contributed by atoms with Crippen LogP contribution in [0.25, 0.3) is 0 Å². The zero-order valence-corrected chi connectivity index (χ0v) is 24.8. The molecule has 2 aromatic rings. The van der Waals surface area contributed by atoms with Crippen LogP contribution in [0.4, 0.5) is 0 Å². The van der Waals surface area contributed by atoms with Crippen molar-refractivity contribution in [3.63, 3.8) is 0 Å². The van der Waals surface area contributed by atoms with Crippen LogP contribution in [0.5, 0.6) is 5.75 Å². The molecule has 2 aromatic carbocycles. The molecule has 7 heteroatoms. The number of unbranched alkanes of at least 4 members (excludes halogenated alkanes) is 1. The van der Waals surface area contributed by atoms with Gasteiger partial charge in [-0.05, 0) is 77.6 Å². The first-order valence-electron chi connectivity index (χ1n) is 14.1. The molecule has 0 spiro atoms. The van der Waals surface area contributed by atoms with Crippen LogP contribution in [0.1, 0.15) is 70.9 Å². The molecule has 0 aromatic heterocycles. The van der Waals surface area contributed by atoms with Gasteiger partial charge >= 0.3 is 11.9 Å². The van der Waals surface area contributed by atoms with E-state index in [1.165, 1.54) is 5.56 Å². The van der Waals surface area contributed by atoms with Crippen LogP contribution in [0.3, 0.4) is 0 Å². The number of para-hydroxylation sites is 1. The van der Waals surface area contributed by atoms with Gasteiger partial charge in [0.25, 0.3) is 0 Å². The van der Waals surface area contributed by atoms with Crippen LogP contribution in [0, 0.1) is 11.3 Å². The molecule has 1 aliphatic heterocycles. The molecule has 1 heterocycles. The lowest BCUT2D eigenvalue weighted by molar-refractivity contribution is -0.170. The molecule has 1 fully saturated rings. The van der Waals surface area contributed by atoms with Gasteiger partial charge in [0.15, 0.2) is 0 Å². The van der Waals surface area contributed by atoms with E-state index in [2.05, 4.69) is 17.4 Å². The number of hydrogen-bond acceptors (Lipinski definition) is 7. The number of carbonyl (C=O) groups excluding carboxylic acids is 2. The molecule has 0 bridgehead atoms. The summed E-state index contributed by atoms with van der Waals surface area (Å²) in [6.45, 7) is 10.1. The minimum Gasteiger partial charge on any atom is -0.493 e. The molecule has 3 rings (SSSR count). The van der Waals surface area contributed by atoms with Crippen LogP contribution >= 0.6 is 11.8 Å². The van der Waals surface area contributed by atoms with Crippen molar-refractivity contribution in [2.75, 3.05) is 25.4 Å². The second kappa shape index (κ2) is 15.3. The molecular weight excluding hydrogens is 510 g/mol. The predicted octanol–water partition coefficient (Wildman–Crippen LogP) is 6.56. The van der Waals surface area contributed by atoms with Gasteiger partial charge in [0, 0.05) is 17.1 Å². The second-order valence-corrected chi connectivity index (χ2v) is 12.5. The Morgan fingerprint density at radius 1 is 1.00 bits per heavy atom. The fourth-order valence-electron chi connectivity index (χ4n) is 4.65. The van der Waals surface area contributed by atoms with E-state index in [9.17, 15) is 9.59 Å². The molecule has 0 aliphatic carbocycles. The summed E-state index contributed by atoms with van der Waals surface area (Å²) in [5.41, 5.74) is 1.22. The predicted molar refractivity (Wildman–Crippen MR) is 158 cm³/mol. The van der Waals surface area contributed by atoms with Crippen LogP contribution in [0.2, 0.25) is 0 Å². The molecule has 1 aliphatic rings. The third-order valence-corrected chi connectivity index (χ3v) is 8.20. The number of nitrogens with one attached hydrogen (secondary N) is 1. The summed E-state index contributed by atoms with van der Waals surface area (Å²) in [7, 11) is 0. The zero-order valence-electron chi connectivity index (χ0n) is 24.0. The molecule has 0 saturated carbocycles. The summed E-state index contributed by atoms with van der Waals surface area (Å²) in [6, 6.07) is 18.0. The molecule has 1 saturated heterocycles. The van der Waals surface area contributed by atoms with Crippen molar-refractivity contribution in [3.05, 3.63) is 65.7 Å². The summed E-state index contributed by atoms with van der Waals surface area (Å²) in [5, 5.41) is 3.36. The first-order valence-corrected chi connectivity index (χ1v) is 15.3. The van der Waals surface area contributed by atoms with Gasteiger partial charge in [0.1, 0.15) is 18.0 Å². The average molecular weight is 556 g/mol. The van der Waals surface area contributed by atoms with E-state index in [1.54, 1.807) is 11.8 Å². The number of thioether (sulfide) groups is 1. The number of esters is 2. The lowest BCUT2D eigenvalue weighted by Gasteiger charge is -2.37. The normalized spacial score (nSPS) is 15.8. The Hall–Kier alpha value is -2.51. The highest BCUT2D eigenvalue weighted by molar-refractivity contribution is 7.98. The van der Waals surface area contributed by atoms with E-state index < -0.39 is 11.0 Å². The largest absolute Gasteiger partial charge is 0.493 e. The van der Waals surface area contributed by atoms with Crippen LogP contribution in [0.15, 0.2) is 54.6 Å². The van der Waals surface area contributed by atoms with Gasteiger partial charge < -0.3 is 19.5 Å². The fraction of sp³-hybridized carbons (Fsp3) is 0.562. The zero-order chi connectivity index (χ0) is 28.1. The Morgan fingerprint density at radius 3 is 2.41 bits per heavy atom. The highest BCUT2D eigenvalue weighted by Gasteiger charge is 2.41. The Balaban J connectivity index is 1.41. The molecule has 0 radical (unpaired) electrons. The summed E-state index contributed by atoms with van der Waals surface area (Å²) < 4.78 is 17.5. The van der Waals surface area contributed by atoms with E-state index in [4.69, 9.17) is 14.2 Å². The molecule has 0 amide bonds. The quantitative estimate of drug-likeness (QED) is 0.209. The van der Waals surface area contributed by atoms with Crippen LogP contribution < -0.4 is 10.1 Å². The Labute approximate surface area is 238 Å². The highest BCUT2D eigenvalue weighted by Crippen LogP contribution is 2.37. The Bertz CT molecular complexity index is 1030. The second-order valence-electron chi connectivity index (χ2n) is 11.5. The topological polar surface area (TPSA) is 73.9 Å². The third kappa shape index (κ3) is 10.5. The molecule has 6 nitrogen and oxygen atoms in total. The van der Waals surface area contributed by atoms with Gasteiger partial charge in [-0.25, -0.2) is 0 Å². The molecule has 1 unspecified atom stereocenters. The number of ether oxygens (including phenoxy) is 3. The smallest absolute Gasteiger partial charge is 0.312 e. The van der Waals surface area contributed by atoms with Gasteiger partial charge in [0.05, 0.1) is 17.9 Å². The minimum atomic E-state index is -0.482. The molecule has 1 N–H and O–H groups in total. The maximum absolute atomic E-state index is 13.0. The molecular formula is C32H45NO5S. The third-order valence-electron chi connectivity index (χ3n) is 6.92. The van der Waals surface area contributed by atoms with Gasteiger partial charge in [-0.3, -0.25) is 9.59 Å². The number of piperidine rings is 1. The van der Waals surface area contributed by atoms with E-state index >= 15 is 0 Å². The van der Waals surface area contributed by atoms with Crippen molar-refractivity contribution in [2.24, 2.45) is 11.3 Å². The SMILES string of the molecule is CC(CSCc1ccccc1)C(=O)OCc1ccccc1OCCCCC1(C(=O)OC(C)(C)C)CCNCC1. The van der Waals surface area contributed by atoms with Crippen molar-refractivity contribution in [1.29, 1.82) is 0 Å². The number of benzene rings is 2. The Kier molecular flexibility index (Phi) is 12.2. The van der Waals surface area contributed by atoms with Crippen molar-refractivity contribution < 1.29 is 23.8 Å². The van der Waals surface area contributed by atoms with Crippen molar-refractivity contribution in [3.8, 4) is 5.75 Å². The van der Waals surface area contributed by atoms with Gasteiger partial charge in [0.2, 0.25) is 0 Å². The monoisotopic (exact) mass is 555 g/mol. The minimum absolute atomic E-state index is 0.0720. The van der Waals surface area contributed by atoms with Crippen molar-refractivity contribution in [1.82, 2.24) is 5.32 Å². The summed E-state index contributed by atoms with van der Waals surface area (Å²) in [6.07, 6.45) is 4.13. The maximum Gasteiger partial charge on any atom is 0.312 e. The van der Waals surface area contributed by atoms with Crippen molar-refractivity contribution >= 4 is 23.7 Å². The van der Waals surface area contributed by atoms with E-state index in [-0.39, 0.29) is 24.5 Å². The standard InChI is InChI=1S/C32H45NO5S/c1-25(23-39-24-26-12-6-5-7-13-26)29(34)37-22-27-14-8-9-15-28(27)36-21-11-10-16-32(17-19-33-20-18-32)30(35)38-31(2,3)4/h5-9,12-15,25,33H,10-11,16-24H2,1-4H3. The Morgan fingerprint density at radius 2 is 1.69 bits per heavy atom. The number of hydrogen-bond donors (Lipinski definition) is 1. The maximum atomic E-state index is 13.0. The van der Waals surface area contributed by atoms with Crippen LogP contribution in [-0.2, 0) is 31.4 Å². The van der Waals surface area contributed by atoms with Gasteiger partial charge in [-0.2, -0.15) is 11.8 Å². The van der Waals surface area contributed by atoms with E-state index in [0.717, 1.165) is 62.3 Å². The fourth-order valence-corrected chi connectivity index (χ4v) is 5.68. The number of carbonyl (C=O) groups is 2.